The van der Waals surface area contributed by atoms with Crippen molar-refractivity contribution in [2.24, 2.45) is 0 Å². The molecule has 0 aliphatic carbocycles. The first-order valence-corrected chi connectivity index (χ1v) is 29.2. The topological polar surface area (TPSA) is 92.1 Å². The third kappa shape index (κ3) is 8.24. The number of nitrogens with zero attached hydrogens (tertiary/aromatic N) is 9. The van der Waals surface area contributed by atoms with Gasteiger partial charge in [0.25, 0.3) is 0 Å². The SMILES string of the molecule is c1ccc(-c2nc(-c3ccccc3)nc(-c3ccccc3-c3cccc4c5ccccc5n(-c5ccccc5-c5nc(-c6ccccc6)nc(-c6ccccc6-n6c7ccccc7c7cc(-n8c9ccccc9c9ccccc98)ccc76)n5)c34)n2)cc1. The smallest absolute Gasteiger partial charge is 0.166 e. The van der Waals surface area contributed by atoms with Gasteiger partial charge in [0.2, 0.25) is 0 Å². The molecule has 0 spiro atoms. The number of aromatic nitrogens is 9. The summed E-state index contributed by atoms with van der Waals surface area (Å²) in [6.07, 6.45) is 0. The zero-order chi connectivity index (χ0) is 57.4. The van der Waals surface area contributed by atoms with Gasteiger partial charge in [-0.15, -0.1) is 0 Å². The van der Waals surface area contributed by atoms with Crippen LogP contribution in [0, 0.1) is 0 Å². The Balaban J connectivity index is 0.859. The van der Waals surface area contributed by atoms with E-state index in [2.05, 4.69) is 232 Å². The molecule has 5 heterocycles. The fourth-order valence-corrected chi connectivity index (χ4v) is 12.9. The molecule has 0 aliphatic rings. The molecule has 0 atom stereocenters. The van der Waals surface area contributed by atoms with Crippen molar-refractivity contribution in [1.82, 2.24) is 43.6 Å². The lowest BCUT2D eigenvalue weighted by atomic mass is 9.96. The third-order valence-electron chi connectivity index (χ3n) is 16.8. The molecule has 87 heavy (non-hydrogen) atoms. The highest BCUT2D eigenvalue weighted by molar-refractivity contribution is 6.16. The number of fused-ring (bicyclic) bond motifs is 9. The first-order chi connectivity index (χ1) is 43.2. The molecule has 0 bridgehead atoms. The second-order valence-corrected chi connectivity index (χ2v) is 21.8. The number of hydrogen-bond acceptors (Lipinski definition) is 6. The number of hydrogen-bond donors (Lipinski definition) is 0. The van der Waals surface area contributed by atoms with Gasteiger partial charge in [-0.25, -0.2) is 29.9 Å². The van der Waals surface area contributed by atoms with Crippen molar-refractivity contribution in [3.63, 3.8) is 0 Å². The molecule has 406 valence electrons. The lowest BCUT2D eigenvalue weighted by molar-refractivity contribution is 1.06. The van der Waals surface area contributed by atoms with Gasteiger partial charge in [0.1, 0.15) is 0 Å². The molecule has 0 fully saturated rings. The summed E-state index contributed by atoms with van der Waals surface area (Å²) in [6.45, 7) is 0. The summed E-state index contributed by atoms with van der Waals surface area (Å²) in [5.41, 5.74) is 16.8. The summed E-state index contributed by atoms with van der Waals surface area (Å²) >= 11 is 0. The van der Waals surface area contributed by atoms with E-state index in [0.29, 0.717) is 34.9 Å². The number of rotatable bonds is 10. The van der Waals surface area contributed by atoms with Gasteiger partial charge in [0.05, 0.1) is 44.5 Å². The predicted octanol–water partition coefficient (Wildman–Crippen LogP) is 19.0. The van der Waals surface area contributed by atoms with Crippen molar-refractivity contribution < 1.29 is 0 Å². The Labute approximate surface area is 500 Å². The van der Waals surface area contributed by atoms with Crippen LogP contribution in [0.3, 0.4) is 0 Å². The Hall–Kier alpha value is -11.9. The van der Waals surface area contributed by atoms with Crippen molar-refractivity contribution in [3.8, 4) is 96.5 Å². The van der Waals surface area contributed by atoms with Gasteiger partial charge in [-0.1, -0.05) is 231 Å². The number of para-hydroxylation sites is 7. The summed E-state index contributed by atoms with van der Waals surface area (Å²) < 4.78 is 7.14. The maximum atomic E-state index is 5.59. The summed E-state index contributed by atoms with van der Waals surface area (Å²) in [7, 11) is 0. The minimum absolute atomic E-state index is 0.540. The van der Waals surface area contributed by atoms with Crippen LogP contribution >= 0.6 is 0 Å². The van der Waals surface area contributed by atoms with E-state index < -0.39 is 0 Å². The molecular formula is C78H49N9. The average Bonchev–Trinajstić information content (AvgIpc) is 1.75. The first-order valence-electron chi connectivity index (χ1n) is 29.2. The molecule has 9 nitrogen and oxygen atoms in total. The molecule has 9 heteroatoms. The predicted molar refractivity (Wildman–Crippen MR) is 354 cm³/mol. The van der Waals surface area contributed by atoms with Crippen LogP contribution in [0.25, 0.3) is 162 Å². The van der Waals surface area contributed by atoms with Crippen molar-refractivity contribution >= 4 is 65.4 Å². The summed E-state index contributed by atoms with van der Waals surface area (Å²) in [5, 5.41) is 6.96. The van der Waals surface area contributed by atoms with E-state index >= 15 is 0 Å². The molecule has 0 amide bonds. The van der Waals surface area contributed by atoms with Crippen LogP contribution in [0.15, 0.2) is 297 Å². The van der Waals surface area contributed by atoms with E-state index in [-0.39, 0.29) is 0 Å². The lowest BCUT2D eigenvalue weighted by Crippen LogP contribution is -2.05. The molecule has 0 saturated heterocycles. The first kappa shape index (κ1) is 49.7. The maximum Gasteiger partial charge on any atom is 0.166 e. The van der Waals surface area contributed by atoms with E-state index in [1.165, 1.54) is 21.8 Å². The van der Waals surface area contributed by atoms with Gasteiger partial charge in [0, 0.05) is 76.9 Å². The van der Waals surface area contributed by atoms with Crippen LogP contribution in [-0.2, 0) is 0 Å². The van der Waals surface area contributed by atoms with E-state index in [1.807, 2.05) is 78.9 Å². The zero-order valence-electron chi connectivity index (χ0n) is 46.8. The Morgan fingerprint density at radius 1 is 0.195 bits per heavy atom. The molecule has 5 aromatic heterocycles. The van der Waals surface area contributed by atoms with Crippen molar-refractivity contribution in [2.75, 3.05) is 0 Å². The van der Waals surface area contributed by atoms with Crippen LogP contribution in [0.5, 0.6) is 0 Å². The Morgan fingerprint density at radius 2 is 0.529 bits per heavy atom. The molecule has 0 unspecified atom stereocenters. The Morgan fingerprint density at radius 3 is 1.06 bits per heavy atom. The largest absolute Gasteiger partial charge is 0.309 e. The second kappa shape index (κ2) is 20.4. The van der Waals surface area contributed by atoms with Gasteiger partial charge in [-0.2, -0.15) is 0 Å². The molecule has 17 rings (SSSR count). The van der Waals surface area contributed by atoms with Crippen molar-refractivity contribution in [1.29, 1.82) is 0 Å². The van der Waals surface area contributed by atoms with Gasteiger partial charge < -0.3 is 13.7 Å². The van der Waals surface area contributed by atoms with Gasteiger partial charge in [0.15, 0.2) is 34.9 Å². The second-order valence-electron chi connectivity index (χ2n) is 21.8. The fourth-order valence-electron chi connectivity index (χ4n) is 12.9. The van der Waals surface area contributed by atoms with E-state index in [0.717, 1.165) is 105 Å². The van der Waals surface area contributed by atoms with Gasteiger partial charge >= 0.3 is 0 Å². The minimum Gasteiger partial charge on any atom is -0.309 e. The van der Waals surface area contributed by atoms with E-state index in [1.54, 1.807) is 0 Å². The molecule has 0 saturated carbocycles. The lowest BCUT2D eigenvalue weighted by Gasteiger charge is -2.18. The third-order valence-corrected chi connectivity index (χ3v) is 16.8. The molecule has 0 radical (unpaired) electrons. The van der Waals surface area contributed by atoms with E-state index in [4.69, 9.17) is 29.9 Å². The summed E-state index contributed by atoms with van der Waals surface area (Å²) in [4.78, 5) is 32.0. The van der Waals surface area contributed by atoms with Crippen LogP contribution in [0.4, 0.5) is 0 Å². The molecule has 0 aliphatic heterocycles. The van der Waals surface area contributed by atoms with Crippen molar-refractivity contribution in [3.05, 3.63) is 297 Å². The van der Waals surface area contributed by atoms with Crippen LogP contribution in [0.2, 0.25) is 0 Å². The Bertz CT molecular complexity index is 5420. The van der Waals surface area contributed by atoms with Crippen LogP contribution < -0.4 is 0 Å². The summed E-state index contributed by atoms with van der Waals surface area (Å²) in [5.74, 6) is 3.44. The number of benzene rings is 12. The molecule has 0 N–H and O–H groups in total. The van der Waals surface area contributed by atoms with Gasteiger partial charge in [-0.3, -0.25) is 0 Å². The normalized spacial score (nSPS) is 11.7. The molecular weight excluding hydrogens is 1060 g/mol. The van der Waals surface area contributed by atoms with Crippen LogP contribution in [-0.4, -0.2) is 43.6 Å². The molecule has 17 aromatic rings. The fraction of sp³-hybridized carbons (Fsp3) is 0. The summed E-state index contributed by atoms with van der Waals surface area (Å²) in [6, 6.07) is 104. The molecule has 12 aromatic carbocycles. The standard InChI is InChI=1S/C78H49N9/c1-4-25-50(26-5-1)73-79-74(51-27-6-2-7-28-51)81-76(80-73)61-36-11-10-31-54(61)59-39-24-40-60-57-34-14-21-44-68(57)87(72(59)60)70-46-23-17-38-63(70)78-83-75(52-29-8-3-9-30-52)82-77(84-78)62-37-16-22-45-69(62)86-67-43-20-15-35-58(67)64-49-53(47-48-71(64)86)85-65-41-18-12-32-55(65)56-33-13-19-42-66(56)85/h1-49H. The van der Waals surface area contributed by atoms with Crippen molar-refractivity contribution in [2.45, 2.75) is 0 Å². The minimum atomic E-state index is 0.540. The zero-order valence-corrected chi connectivity index (χ0v) is 46.8. The monoisotopic (exact) mass is 1110 g/mol. The quantitative estimate of drug-likeness (QED) is 0.135. The van der Waals surface area contributed by atoms with Gasteiger partial charge in [-0.05, 0) is 72.3 Å². The van der Waals surface area contributed by atoms with Crippen LogP contribution in [0.1, 0.15) is 0 Å². The maximum absolute atomic E-state index is 5.59. The highest BCUT2D eigenvalue weighted by Crippen LogP contribution is 2.44. The van der Waals surface area contributed by atoms with E-state index in [9.17, 15) is 0 Å². The Kier molecular flexibility index (Phi) is 11.7. The highest BCUT2D eigenvalue weighted by atomic mass is 15.1. The highest BCUT2D eigenvalue weighted by Gasteiger charge is 2.25. The average molecular weight is 1110 g/mol.